The van der Waals surface area contributed by atoms with E-state index in [0.717, 1.165) is 36.8 Å². The van der Waals surface area contributed by atoms with Crippen molar-refractivity contribution in [3.63, 3.8) is 0 Å². The topological polar surface area (TPSA) is 58.6 Å². The predicted molar refractivity (Wildman–Crippen MR) is 118 cm³/mol. The first-order valence-electron chi connectivity index (χ1n) is 10.9. The van der Waals surface area contributed by atoms with Gasteiger partial charge in [0.2, 0.25) is 5.91 Å². The number of aryl methyl sites for hydroxylation is 2. The Morgan fingerprint density at radius 2 is 1.87 bits per heavy atom. The van der Waals surface area contributed by atoms with E-state index in [1.165, 1.54) is 11.0 Å². The summed E-state index contributed by atoms with van der Waals surface area (Å²) in [6, 6.07) is 11.4. The van der Waals surface area contributed by atoms with Crippen LogP contribution < -0.4 is 10.1 Å². The molecule has 0 unspecified atom stereocenters. The van der Waals surface area contributed by atoms with Gasteiger partial charge in [-0.2, -0.15) is 0 Å². The van der Waals surface area contributed by atoms with Crippen LogP contribution in [-0.4, -0.2) is 35.4 Å². The molecule has 2 aromatic carbocycles. The fourth-order valence-corrected chi connectivity index (χ4v) is 3.97. The third-order valence-corrected chi connectivity index (χ3v) is 5.85. The number of halogens is 1. The van der Waals surface area contributed by atoms with Crippen LogP contribution in [0.25, 0.3) is 0 Å². The number of carbonyl (C=O) groups excluding carboxylic acids is 2. The highest BCUT2D eigenvalue weighted by Gasteiger charge is 2.29. The van der Waals surface area contributed by atoms with E-state index in [0.29, 0.717) is 11.3 Å². The van der Waals surface area contributed by atoms with Gasteiger partial charge in [0.05, 0.1) is 0 Å². The molecule has 2 aromatic rings. The molecular formula is C25H31FN2O3. The predicted octanol–water partition coefficient (Wildman–Crippen LogP) is 4.30. The average molecular weight is 427 g/mol. The Kier molecular flexibility index (Phi) is 7.66. The molecule has 1 N–H and O–H groups in total. The first kappa shape index (κ1) is 22.8. The van der Waals surface area contributed by atoms with Crippen molar-refractivity contribution >= 4 is 11.8 Å². The number of carbonyl (C=O) groups is 2. The fourth-order valence-electron chi connectivity index (χ4n) is 3.97. The molecule has 0 heterocycles. The summed E-state index contributed by atoms with van der Waals surface area (Å²) in [4.78, 5) is 27.3. The third kappa shape index (κ3) is 6.06. The molecule has 0 aromatic heterocycles. The van der Waals surface area contributed by atoms with Gasteiger partial charge < -0.3 is 15.0 Å². The Morgan fingerprint density at radius 3 is 2.55 bits per heavy atom. The lowest BCUT2D eigenvalue weighted by atomic mass is 10.1. The molecule has 0 radical (unpaired) electrons. The number of nitrogens with one attached hydrogen (secondary N) is 1. The Balaban J connectivity index is 1.74. The second-order valence-electron chi connectivity index (χ2n) is 8.34. The second-order valence-corrected chi connectivity index (χ2v) is 8.34. The van der Waals surface area contributed by atoms with E-state index in [1.807, 2.05) is 32.0 Å². The van der Waals surface area contributed by atoms with Gasteiger partial charge in [-0.15, -0.1) is 0 Å². The number of rotatable bonds is 8. The zero-order valence-electron chi connectivity index (χ0n) is 18.5. The molecule has 0 bridgehead atoms. The molecule has 0 saturated heterocycles. The van der Waals surface area contributed by atoms with Gasteiger partial charge in [-0.05, 0) is 51.3 Å². The van der Waals surface area contributed by atoms with Crippen LogP contribution in [0.2, 0.25) is 0 Å². The summed E-state index contributed by atoms with van der Waals surface area (Å²) in [6.45, 7) is 5.37. The lowest BCUT2D eigenvalue weighted by Crippen LogP contribution is -2.50. The summed E-state index contributed by atoms with van der Waals surface area (Å²) in [5.74, 6) is -0.368. The second kappa shape index (κ2) is 10.4. The van der Waals surface area contributed by atoms with Crippen LogP contribution in [0.5, 0.6) is 5.75 Å². The largest absolute Gasteiger partial charge is 0.483 e. The monoisotopic (exact) mass is 426 g/mol. The number of benzene rings is 2. The Hall–Kier alpha value is -2.89. The van der Waals surface area contributed by atoms with E-state index < -0.39 is 11.9 Å². The van der Waals surface area contributed by atoms with E-state index in [-0.39, 0.29) is 31.0 Å². The minimum atomic E-state index is -0.740. The lowest BCUT2D eigenvalue weighted by Gasteiger charge is -2.30. The van der Waals surface area contributed by atoms with Crippen LogP contribution in [0.3, 0.4) is 0 Å². The number of ether oxygens (including phenoxy) is 1. The molecule has 2 amide bonds. The molecule has 5 nitrogen and oxygen atoms in total. The molecular weight excluding hydrogens is 395 g/mol. The SMILES string of the molecule is Cc1ccc(OCC(=O)N(Cc2ccccc2F)[C@H](C)C(=O)NC2CCCC2)c(C)c1. The maximum atomic E-state index is 14.3. The zero-order chi connectivity index (χ0) is 22.4. The molecule has 1 atom stereocenters. The third-order valence-electron chi connectivity index (χ3n) is 5.85. The highest BCUT2D eigenvalue weighted by atomic mass is 19.1. The molecule has 1 aliphatic rings. The van der Waals surface area contributed by atoms with Gasteiger partial charge >= 0.3 is 0 Å². The van der Waals surface area contributed by atoms with Crippen LogP contribution in [0.15, 0.2) is 42.5 Å². The summed E-state index contributed by atoms with van der Waals surface area (Å²) in [6.07, 6.45) is 4.10. The van der Waals surface area contributed by atoms with Gasteiger partial charge in [0.25, 0.3) is 5.91 Å². The number of hydrogen-bond acceptors (Lipinski definition) is 3. The van der Waals surface area contributed by atoms with Crippen molar-refractivity contribution in [2.75, 3.05) is 6.61 Å². The quantitative estimate of drug-likeness (QED) is 0.685. The molecule has 0 spiro atoms. The normalized spacial score (nSPS) is 14.8. The van der Waals surface area contributed by atoms with Crippen molar-refractivity contribution in [2.45, 2.75) is 65.1 Å². The van der Waals surface area contributed by atoms with Crippen molar-refractivity contribution in [1.82, 2.24) is 10.2 Å². The molecule has 1 aliphatic carbocycles. The van der Waals surface area contributed by atoms with E-state index in [1.54, 1.807) is 25.1 Å². The molecule has 0 aliphatic heterocycles. The van der Waals surface area contributed by atoms with Crippen LogP contribution in [0.4, 0.5) is 4.39 Å². The van der Waals surface area contributed by atoms with Gasteiger partial charge in [0.15, 0.2) is 6.61 Å². The first-order chi connectivity index (χ1) is 14.8. The van der Waals surface area contributed by atoms with Gasteiger partial charge in [0.1, 0.15) is 17.6 Å². The summed E-state index contributed by atoms with van der Waals surface area (Å²) < 4.78 is 20.0. The summed E-state index contributed by atoms with van der Waals surface area (Å²) in [5, 5.41) is 3.04. The van der Waals surface area contributed by atoms with Crippen LogP contribution in [0, 0.1) is 19.7 Å². The van der Waals surface area contributed by atoms with Crippen molar-refractivity contribution in [1.29, 1.82) is 0 Å². The van der Waals surface area contributed by atoms with Gasteiger partial charge in [-0.1, -0.05) is 48.7 Å². The average Bonchev–Trinajstić information content (AvgIpc) is 3.25. The number of hydrogen-bond donors (Lipinski definition) is 1. The maximum absolute atomic E-state index is 14.3. The Labute approximate surface area is 183 Å². The highest BCUT2D eigenvalue weighted by molar-refractivity contribution is 5.88. The van der Waals surface area contributed by atoms with Crippen molar-refractivity contribution in [3.8, 4) is 5.75 Å². The molecule has 6 heteroatoms. The molecule has 1 fully saturated rings. The smallest absolute Gasteiger partial charge is 0.261 e. The Bertz CT molecular complexity index is 925. The standard InChI is InChI=1S/C25H31FN2O3/c1-17-12-13-23(18(2)14-17)31-16-24(29)28(15-20-8-4-7-11-22(20)26)19(3)25(30)27-21-9-5-6-10-21/h4,7-8,11-14,19,21H,5-6,9-10,15-16H2,1-3H3,(H,27,30)/t19-/m1/s1. The van der Waals surface area contributed by atoms with Crippen molar-refractivity contribution in [3.05, 3.63) is 65.0 Å². The molecule has 3 rings (SSSR count). The molecule has 1 saturated carbocycles. The van der Waals surface area contributed by atoms with E-state index in [2.05, 4.69) is 5.32 Å². The van der Waals surface area contributed by atoms with Gasteiger partial charge in [0, 0.05) is 18.2 Å². The summed E-state index contributed by atoms with van der Waals surface area (Å²) in [7, 11) is 0. The van der Waals surface area contributed by atoms with Gasteiger partial charge in [-0.25, -0.2) is 4.39 Å². The lowest BCUT2D eigenvalue weighted by molar-refractivity contribution is -0.142. The first-order valence-corrected chi connectivity index (χ1v) is 10.9. The van der Waals surface area contributed by atoms with Crippen molar-refractivity contribution < 1.29 is 18.7 Å². The highest BCUT2D eigenvalue weighted by Crippen LogP contribution is 2.21. The minimum Gasteiger partial charge on any atom is -0.483 e. The molecule has 166 valence electrons. The van der Waals surface area contributed by atoms with Gasteiger partial charge in [-0.3, -0.25) is 9.59 Å². The number of nitrogens with zero attached hydrogens (tertiary/aromatic N) is 1. The number of amides is 2. The minimum absolute atomic E-state index is 0.000992. The zero-order valence-corrected chi connectivity index (χ0v) is 18.5. The molecule has 31 heavy (non-hydrogen) atoms. The maximum Gasteiger partial charge on any atom is 0.261 e. The fraction of sp³-hybridized carbons (Fsp3) is 0.440. The Morgan fingerprint density at radius 1 is 1.16 bits per heavy atom. The van der Waals surface area contributed by atoms with Crippen LogP contribution in [-0.2, 0) is 16.1 Å². The summed E-state index contributed by atoms with van der Waals surface area (Å²) in [5.41, 5.74) is 2.40. The van der Waals surface area contributed by atoms with Crippen LogP contribution in [0.1, 0.15) is 49.3 Å². The van der Waals surface area contributed by atoms with E-state index in [4.69, 9.17) is 4.74 Å². The van der Waals surface area contributed by atoms with Crippen molar-refractivity contribution in [2.24, 2.45) is 0 Å². The van der Waals surface area contributed by atoms with Crippen LogP contribution >= 0.6 is 0 Å². The summed E-state index contributed by atoms with van der Waals surface area (Å²) >= 11 is 0. The van der Waals surface area contributed by atoms with E-state index >= 15 is 0 Å². The van der Waals surface area contributed by atoms with E-state index in [9.17, 15) is 14.0 Å².